The minimum Gasteiger partial charge on any atom is -0.491 e. The minimum atomic E-state index is -0.733. The van der Waals surface area contributed by atoms with Crippen LogP contribution < -0.4 is 15.4 Å². The number of allylic oxidation sites excluding steroid dienone is 2. The average molecular weight is 597 g/mol. The maximum atomic E-state index is 12.1. The molecular weight excluding hydrogens is 552 g/mol. The number of nitrogens with zero attached hydrogens (tertiary/aromatic N) is 1. The number of hydrogen-bond donors (Lipinski definition) is 1. The fraction of sp³-hybridized carbons (Fsp3) is 0.559. The summed E-state index contributed by atoms with van der Waals surface area (Å²) in [5.41, 5.74) is 11.4. The van der Waals surface area contributed by atoms with Crippen molar-refractivity contribution in [1.82, 2.24) is 0 Å². The largest absolute Gasteiger partial charge is 0.491 e. The van der Waals surface area contributed by atoms with Crippen LogP contribution in [0.3, 0.4) is 0 Å². The van der Waals surface area contributed by atoms with Gasteiger partial charge in [-0.2, -0.15) is 0 Å². The van der Waals surface area contributed by atoms with E-state index in [0.29, 0.717) is 35.8 Å². The number of carbonyl (C=O) groups excluding carboxylic acids is 1. The van der Waals surface area contributed by atoms with Crippen LogP contribution in [-0.2, 0) is 17.2 Å². The molecular formula is C34H45ClN2O3S. The maximum absolute atomic E-state index is 12.1. The Morgan fingerprint density at radius 1 is 1.20 bits per heavy atom. The highest BCUT2D eigenvalue weighted by Gasteiger charge is 2.37. The van der Waals surface area contributed by atoms with E-state index in [1.807, 2.05) is 18.2 Å². The van der Waals surface area contributed by atoms with Crippen LogP contribution in [0.4, 0.5) is 5.69 Å². The van der Waals surface area contributed by atoms with E-state index in [0.717, 1.165) is 61.0 Å². The minimum absolute atomic E-state index is 0.197. The van der Waals surface area contributed by atoms with Crippen LogP contribution in [0.15, 0.2) is 48.0 Å². The molecule has 222 valence electrons. The molecule has 3 aliphatic rings. The van der Waals surface area contributed by atoms with E-state index in [-0.39, 0.29) is 5.92 Å². The third-order valence-electron chi connectivity index (χ3n) is 9.54. The number of halogens is 1. The Kier molecular flexibility index (Phi) is 9.81. The van der Waals surface area contributed by atoms with E-state index in [9.17, 15) is 9.00 Å². The summed E-state index contributed by atoms with van der Waals surface area (Å²) in [6.45, 7) is 6.81. The molecule has 6 atom stereocenters. The van der Waals surface area contributed by atoms with E-state index >= 15 is 0 Å². The second-order valence-corrected chi connectivity index (χ2v) is 14.5. The van der Waals surface area contributed by atoms with Crippen LogP contribution >= 0.6 is 11.6 Å². The van der Waals surface area contributed by atoms with Gasteiger partial charge in [0.1, 0.15) is 5.75 Å². The SMILES string of the molecule is CCCCc1cc(Cl)ccc1C1COc2ccc(C(N)=O)cc2N(CC2CCC2CC2=CC(C(C)CS(C)=O)C2)C1. The number of amides is 1. The van der Waals surface area contributed by atoms with Crippen molar-refractivity contribution in [3.8, 4) is 5.75 Å². The quantitative estimate of drug-likeness (QED) is 0.264. The Bertz CT molecular complexity index is 1310. The standard InChI is InChI=1S/C34H45ClN2O3S/c1-4-5-6-25-16-30(35)10-11-31(25)29-19-37(32-17-26(34(36)38)9-12-33(32)40-20-29)18-27-8-7-24(27)13-23-14-28(15-23)22(2)21-41(3)39/h9-12,14,16-17,22,24,27-29H,4-8,13,15,18-21H2,1-3H3,(H2,36,38). The van der Waals surface area contributed by atoms with Crippen molar-refractivity contribution in [2.75, 3.05) is 36.6 Å². The number of hydrogen-bond acceptors (Lipinski definition) is 4. The van der Waals surface area contributed by atoms with Crippen LogP contribution in [0.25, 0.3) is 0 Å². The Morgan fingerprint density at radius 2 is 1.98 bits per heavy atom. The van der Waals surface area contributed by atoms with Gasteiger partial charge in [0.05, 0.1) is 12.3 Å². The highest BCUT2D eigenvalue weighted by molar-refractivity contribution is 7.84. The topological polar surface area (TPSA) is 72.6 Å². The molecule has 5 rings (SSSR count). The van der Waals surface area contributed by atoms with Crippen molar-refractivity contribution in [3.05, 3.63) is 69.8 Å². The van der Waals surface area contributed by atoms with E-state index in [1.54, 1.807) is 17.9 Å². The molecule has 5 nitrogen and oxygen atoms in total. The summed E-state index contributed by atoms with van der Waals surface area (Å²) >= 11 is 6.43. The van der Waals surface area contributed by atoms with Crippen molar-refractivity contribution in [2.24, 2.45) is 29.4 Å². The van der Waals surface area contributed by atoms with Gasteiger partial charge in [0.15, 0.2) is 0 Å². The molecule has 6 unspecified atom stereocenters. The maximum Gasteiger partial charge on any atom is 0.248 e. The van der Waals surface area contributed by atoms with Crippen LogP contribution in [-0.4, -0.2) is 41.8 Å². The second kappa shape index (κ2) is 13.3. The van der Waals surface area contributed by atoms with Crippen molar-refractivity contribution in [1.29, 1.82) is 0 Å². The first-order valence-electron chi connectivity index (χ1n) is 15.3. The zero-order valence-corrected chi connectivity index (χ0v) is 26.3. The number of rotatable bonds is 12. The van der Waals surface area contributed by atoms with Crippen molar-refractivity contribution in [2.45, 2.75) is 64.7 Å². The molecule has 2 aliphatic carbocycles. The number of anilines is 1. The van der Waals surface area contributed by atoms with Crippen LogP contribution in [0.1, 0.15) is 79.8 Å². The van der Waals surface area contributed by atoms with Gasteiger partial charge in [-0.05, 0) is 104 Å². The van der Waals surface area contributed by atoms with Gasteiger partial charge in [0.25, 0.3) is 0 Å². The zero-order chi connectivity index (χ0) is 29.1. The molecule has 2 N–H and O–H groups in total. The summed E-state index contributed by atoms with van der Waals surface area (Å²) in [6, 6.07) is 11.9. The number of carbonyl (C=O) groups is 1. The molecule has 41 heavy (non-hydrogen) atoms. The fourth-order valence-electron chi connectivity index (χ4n) is 6.91. The van der Waals surface area contributed by atoms with Gasteiger partial charge in [-0.15, -0.1) is 0 Å². The second-order valence-electron chi connectivity index (χ2n) is 12.6. The molecule has 0 aromatic heterocycles. The smallest absolute Gasteiger partial charge is 0.248 e. The normalized spacial score (nSPS) is 25.1. The predicted molar refractivity (Wildman–Crippen MR) is 171 cm³/mol. The summed E-state index contributed by atoms with van der Waals surface area (Å²) in [6.07, 6.45) is 12.3. The Labute approximate surface area is 253 Å². The van der Waals surface area contributed by atoms with E-state index in [1.165, 1.54) is 30.4 Å². The van der Waals surface area contributed by atoms with Gasteiger partial charge in [-0.3, -0.25) is 9.00 Å². The molecule has 0 spiro atoms. The lowest BCUT2D eigenvalue weighted by molar-refractivity contribution is 0.1000. The van der Waals surface area contributed by atoms with Crippen LogP contribution in [0, 0.1) is 23.7 Å². The molecule has 1 fully saturated rings. The van der Waals surface area contributed by atoms with Gasteiger partial charge in [0, 0.05) is 52.4 Å². The first-order chi connectivity index (χ1) is 19.7. The van der Waals surface area contributed by atoms with E-state index in [2.05, 4.69) is 37.0 Å². The molecule has 1 saturated carbocycles. The number of unbranched alkanes of at least 4 members (excludes halogenated alkanes) is 1. The van der Waals surface area contributed by atoms with Gasteiger partial charge in [-0.1, -0.05) is 49.6 Å². The fourth-order valence-corrected chi connectivity index (χ4v) is 8.10. The molecule has 1 aliphatic heterocycles. The monoisotopic (exact) mass is 596 g/mol. The number of ether oxygens (including phenoxy) is 1. The number of nitrogens with two attached hydrogens (primary N) is 1. The lowest BCUT2D eigenvalue weighted by Crippen LogP contribution is -2.40. The van der Waals surface area contributed by atoms with Crippen LogP contribution in [0.5, 0.6) is 5.75 Å². The molecule has 1 heterocycles. The van der Waals surface area contributed by atoms with Gasteiger partial charge < -0.3 is 15.4 Å². The number of primary amides is 1. The number of benzene rings is 2. The Morgan fingerprint density at radius 3 is 2.66 bits per heavy atom. The summed E-state index contributed by atoms with van der Waals surface area (Å²) in [5.74, 6) is 3.74. The highest BCUT2D eigenvalue weighted by Crippen LogP contribution is 2.46. The molecule has 2 aromatic carbocycles. The molecule has 2 aromatic rings. The highest BCUT2D eigenvalue weighted by atomic mass is 35.5. The first kappa shape index (κ1) is 30.2. The molecule has 7 heteroatoms. The Hall–Kier alpha value is -2.31. The Balaban J connectivity index is 1.35. The molecule has 0 bridgehead atoms. The predicted octanol–water partition coefficient (Wildman–Crippen LogP) is 7.14. The average Bonchev–Trinajstić information content (AvgIpc) is 3.07. The third kappa shape index (κ3) is 7.19. The lowest BCUT2D eigenvalue weighted by Gasteiger charge is -2.43. The zero-order valence-electron chi connectivity index (χ0n) is 24.7. The molecule has 0 saturated heterocycles. The summed E-state index contributed by atoms with van der Waals surface area (Å²) in [4.78, 5) is 14.6. The van der Waals surface area contributed by atoms with Crippen molar-refractivity contribution < 1.29 is 13.7 Å². The molecule has 0 radical (unpaired) electrons. The van der Waals surface area contributed by atoms with Gasteiger partial charge >= 0.3 is 0 Å². The lowest BCUT2D eigenvalue weighted by atomic mass is 9.66. The number of fused-ring (bicyclic) bond motifs is 1. The van der Waals surface area contributed by atoms with Gasteiger partial charge in [0.2, 0.25) is 5.91 Å². The van der Waals surface area contributed by atoms with E-state index in [4.69, 9.17) is 22.1 Å². The summed E-state index contributed by atoms with van der Waals surface area (Å²) < 4.78 is 18.1. The van der Waals surface area contributed by atoms with Crippen molar-refractivity contribution >= 4 is 34.0 Å². The number of aryl methyl sites for hydroxylation is 1. The summed E-state index contributed by atoms with van der Waals surface area (Å²) in [7, 11) is -0.733. The third-order valence-corrected chi connectivity index (χ3v) is 10.8. The summed E-state index contributed by atoms with van der Waals surface area (Å²) in [5, 5.41) is 0.780. The van der Waals surface area contributed by atoms with E-state index < -0.39 is 16.7 Å². The van der Waals surface area contributed by atoms with Crippen molar-refractivity contribution in [3.63, 3.8) is 0 Å². The first-order valence-corrected chi connectivity index (χ1v) is 17.4. The van der Waals surface area contributed by atoms with Gasteiger partial charge in [-0.25, -0.2) is 0 Å². The molecule has 1 amide bonds. The van der Waals surface area contributed by atoms with Crippen LogP contribution in [0.2, 0.25) is 5.02 Å².